The van der Waals surface area contributed by atoms with E-state index in [1.54, 1.807) is 0 Å². The van der Waals surface area contributed by atoms with Crippen molar-refractivity contribution in [1.29, 1.82) is 0 Å². The van der Waals surface area contributed by atoms with Crippen LogP contribution in [0, 0.1) is 0 Å². The number of hydrogen-bond donors (Lipinski definition) is 0. The van der Waals surface area contributed by atoms with Crippen LogP contribution in [0.1, 0.15) is 24.0 Å². The standard InChI is InChI=1S/C15H18O/c1-3-10-15(16-12-4-2)11-9-13-7-5-6-8-14(13)15/h3-8H,1-2,9-12H2. The highest BCUT2D eigenvalue weighted by Gasteiger charge is 2.38. The Bertz CT molecular complexity index is 394. The van der Waals surface area contributed by atoms with Crippen molar-refractivity contribution in [2.75, 3.05) is 6.61 Å². The Kier molecular flexibility index (Phi) is 3.25. The fraction of sp³-hybridized carbons (Fsp3) is 0.333. The minimum Gasteiger partial charge on any atom is -0.366 e. The van der Waals surface area contributed by atoms with Crippen LogP contribution in [-0.2, 0) is 16.8 Å². The summed E-state index contributed by atoms with van der Waals surface area (Å²) in [6, 6.07) is 8.54. The Morgan fingerprint density at radius 2 is 2.06 bits per heavy atom. The van der Waals surface area contributed by atoms with Crippen LogP contribution in [0.25, 0.3) is 0 Å². The lowest BCUT2D eigenvalue weighted by atomic mass is 9.92. The van der Waals surface area contributed by atoms with Gasteiger partial charge in [-0.2, -0.15) is 0 Å². The molecule has 1 atom stereocenters. The van der Waals surface area contributed by atoms with Crippen LogP contribution in [0.2, 0.25) is 0 Å². The maximum Gasteiger partial charge on any atom is 0.0975 e. The number of fused-ring (bicyclic) bond motifs is 1. The molecule has 0 heterocycles. The molecule has 0 amide bonds. The van der Waals surface area contributed by atoms with Crippen LogP contribution >= 0.6 is 0 Å². The van der Waals surface area contributed by atoms with Crippen molar-refractivity contribution in [2.45, 2.75) is 24.9 Å². The largest absolute Gasteiger partial charge is 0.366 e. The number of aryl methyl sites for hydroxylation is 1. The first-order chi connectivity index (χ1) is 7.82. The van der Waals surface area contributed by atoms with E-state index < -0.39 is 0 Å². The SMILES string of the molecule is C=CCOC1(CC=C)CCc2ccccc21. The van der Waals surface area contributed by atoms with E-state index in [1.807, 2.05) is 12.2 Å². The van der Waals surface area contributed by atoms with Gasteiger partial charge in [-0.25, -0.2) is 0 Å². The van der Waals surface area contributed by atoms with Crippen LogP contribution in [0.5, 0.6) is 0 Å². The highest BCUT2D eigenvalue weighted by atomic mass is 16.5. The van der Waals surface area contributed by atoms with Crippen molar-refractivity contribution in [3.8, 4) is 0 Å². The smallest absolute Gasteiger partial charge is 0.0975 e. The zero-order valence-electron chi connectivity index (χ0n) is 9.61. The fourth-order valence-electron chi connectivity index (χ4n) is 2.53. The van der Waals surface area contributed by atoms with Gasteiger partial charge >= 0.3 is 0 Å². The second kappa shape index (κ2) is 4.67. The molecular formula is C15H18O. The Morgan fingerprint density at radius 3 is 2.81 bits per heavy atom. The zero-order chi connectivity index (χ0) is 11.4. The predicted octanol–water partition coefficient (Wildman–Crippen LogP) is 3.61. The third-order valence-corrected chi connectivity index (χ3v) is 3.26. The lowest BCUT2D eigenvalue weighted by Crippen LogP contribution is -2.26. The van der Waals surface area contributed by atoms with Crippen LogP contribution in [0.15, 0.2) is 49.6 Å². The van der Waals surface area contributed by atoms with Crippen molar-refractivity contribution in [3.05, 3.63) is 60.7 Å². The molecule has 0 bridgehead atoms. The lowest BCUT2D eigenvalue weighted by Gasteiger charge is -2.29. The van der Waals surface area contributed by atoms with E-state index in [2.05, 4.69) is 37.4 Å². The van der Waals surface area contributed by atoms with Crippen molar-refractivity contribution in [3.63, 3.8) is 0 Å². The molecule has 2 rings (SSSR count). The molecule has 16 heavy (non-hydrogen) atoms. The molecule has 1 aromatic carbocycles. The quantitative estimate of drug-likeness (QED) is 0.680. The molecule has 1 aliphatic rings. The second-order valence-corrected chi connectivity index (χ2v) is 4.24. The summed E-state index contributed by atoms with van der Waals surface area (Å²) in [4.78, 5) is 0. The van der Waals surface area contributed by atoms with Gasteiger partial charge in [0, 0.05) is 0 Å². The van der Waals surface area contributed by atoms with Crippen molar-refractivity contribution >= 4 is 0 Å². The third kappa shape index (κ3) is 1.83. The summed E-state index contributed by atoms with van der Waals surface area (Å²) in [5.41, 5.74) is 2.58. The normalized spacial score (nSPS) is 22.8. The highest BCUT2D eigenvalue weighted by Crippen LogP contribution is 2.42. The maximum atomic E-state index is 6.02. The maximum absolute atomic E-state index is 6.02. The Morgan fingerprint density at radius 1 is 1.25 bits per heavy atom. The average molecular weight is 214 g/mol. The first kappa shape index (κ1) is 11.2. The van der Waals surface area contributed by atoms with Crippen LogP contribution in [0.3, 0.4) is 0 Å². The van der Waals surface area contributed by atoms with Gasteiger partial charge in [0.15, 0.2) is 0 Å². The Hall–Kier alpha value is -1.34. The van der Waals surface area contributed by atoms with Gasteiger partial charge in [-0.15, -0.1) is 13.2 Å². The van der Waals surface area contributed by atoms with Gasteiger partial charge in [-0.1, -0.05) is 36.4 Å². The van der Waals surface area contributed by atoms with E-state index in [4.69, 9.17) is 4.74 Å². The lowest BCUT2D eigenvalue weighted by molar-refractivity contribution is -0.0322. The number of hydrogen-bond acceptors (Lipinski definition) is 1. The Balaban J connectivity index is 2.34. The molecule has 84 valence electrons. The molecule has 0 fully saturated rings. The molecule has 1 aliphatic carbocycles. The Labute approximate surface area is 97.4 Å². The van der Waals surface area contributed by atoms with E-state index in [1.165, 1.54) is 11.1 Å². The first-order valence-corrected chi connectivity index (χ1v) is 5.76. The molecule has 0 saturated carbocycles. The molecule has 0 aromatic heterocycles. The van der Waals surface area contributed by atoms with Gasteiger partial charge in [0.2, 0.25) is 0 Å². The van der Waals surface area contributed by atoms with Gasteiger partial charge < -0.3 is 4.74 Å². The van der Waals surface area contributed by atoms with E-state index in [0.717, 1.165) is 19.3 Å². The summed E-state index contributed by atoms with van der Waals surface area (Å²) in [6.45, 7) is 8.16. The van der Waals surface area contributed by atoms with E-state index in [9.17, 15) is 0 Å². The summed E-state index contributed by atoms with van der Waals surface area (Å²) in [7, 11) is 0. The predicted molar refractivity (Wildman–Crippen MR) is 67.4 cm³/mol. The van der Waals surface area contributed by atoms with Crippen LogP contribution in [-0.4, -0.2) is 6.61 Å². The molecular weight excluding hydrogens is 196 g/mol. The topological polar surface area (TPSA) is 9.23 Å². The molecule has 0 saturated heterocycles. The van der Waals surface area contributed by atoms with Gasteiger partial charge in [-0.05, 0) is 30.4 Å². The third-order valence-electron chi connectivity index (χ3n) is 3.26. The van der Waals surface area contributed by atoms with Crippen molar-refractivity contribution in [1.82, 2.24) is 0 Å². The number of rotatable bonds is 5. The monoisotopic (exact) mass is 214 g/mol. The summed E-state index contributed by atoms with van der Waals surface area (Å²) in [5, 5.41) is 0. The summed E-state index contributed by atoms with van der Waals surface area (Å²) in [5.74, 6) is 0. The van der Waals surface area contributed by atoms with Crippen LogP contribution in [0.4, 0.5) is 0 Å². The van der Waals surface area contributed by atoms with Gasteiger partial charge in [0.05, 0.1) is 12.2 Å². The molecule has 0 N–H and O–H groups in total. The number of benzene rings is 1. The minimum atomic E-state index is -0.160. The second-order valence-electron chi connectivity index (χ2n) is 4.24. The molecule has 1 unspecified atom stereocenters. The summed E-state index contributed by atoms with van der Waals surface area (Å²) >= 11 is 0. The first-order valence-electron chi connectivity index (χ1n) is 5.76. The van der Waals surface area contributed by atoms with E-state index >= 15 is 0 Å². The average Bonchev–Trinajstić information content (AvgIpc) is 2.68. The van der Waals surface area contributed by atoms with Crippen molar-refractivity contribution in [2.24, 2.45) is 0 Å². The van der Waals surface area contributed by atoms with E-state index in [-0.39, 0.29) is 5.60 Å². The van der Waals surface area contributed by atoms with Gasteiger partial charge in [0.1, 0.15) is 0 Å². The van der Waals surface area contributed by atoms with Gasteiger partial charge in [0.25, 0.3) is 0 Å². The minimum absolute atomic E-state index is 0.160. The molecule has 0 aliphatic heterocycles. The molecule has 1 nitrogen and oxygen atoms in total. The molecule has 0 spiro atoms. The summed E-state index contributed by atoms with van der Waals surface area (Å²) in [6.07, 6.45) is 6.78. The number of ether oxygens (including phenoxy) is 1. The molecule has 0 radical (unpaired) electrons. The fourth-order valence-corrected chi connectivity index (χ4v) is 2.53. The highest BCUT2D eigenvalue weighted by molar-refractivity contribution is 5.38. The molecule has 1 aromatic rings. The van der Waals surface area contributed by atoms with E-state index in [0.29, 0.717) is 6.61 Å². The van der Waals surface area contributed by atoms with Gasteiger partial charge in [-0.3, -0.25) is 0 Å². The zero-order valence-corrected chi connectivity index (χ0v) is 9.61. The molecule has 1 heteroatoms. The van der Waals surface area contributed by atoms with Crippen LogP contribution < -0.4 is 0 Å². The summed E-state index contributed by atoms with van der Waals surface area (Å²) < 4.78 is 6.02. The van der Waals surface area contributed by atoms with Crippen molar-refractivity contribution < 1.29 is 4.74 Å².